The Morgan fingerprint density at radius 2 is 2.04 bits per heavy atom. The average molecular weight is 315 g/mol. The highest BCUT2D eigenvalue weighted by Gasteiger charge is 2.12. The summed E-state index contributed by atoms with van der Waals surface area (Å²) in [6.45, 7) is 0.886. The Hall–Kier alpha value is -1.83. The fraction of sp³-hybridized carbons (Fsp3) is 0.526. The molecule has 23 heavy (non-hydrogen) atoms. The number of nitrogens with one attached hydrogen (secondary N) is 1. The lowest BCUT2D eigenvalue weighted by Gasteiger charge is -2.15. The number of carbonyl (C=O) groups excluding carboxylic acids is 1. The van der Waals surface area contributed by atoms with Crippen LogP contribution in [-0.2, 0) is 4.74 Å². The summed E-state index contributed by atoms with van der Waals surface area (Å²) >= 11 is 0. The number of hydrogen-bond donors (Lipinski definition) is 2. The van der Waals surface area contributed by atoms with E-state index in [0.29, 0.717) is 24.8 Å². The van der Waals surface area contributed by atoms with Gasteiger partial charge in [0.05, 0.1) is 12.7 Å². The largest absolute Gasteiger partial charge is 0.384 e. The van der Waals surface area contributed by atoms with E-state index in [-0.39, 0.29) is 12.5 Å². The van der Waals surface area contributed by atoms with Crippen molar-refractivity contribution in [2.45, 2.75) is 44.6 Å². The molecule has 0 unspecified atom stereocenters. The van der Waals surface area contributed by atoms with Crippen LogP contribution in [0.2, 0.25) is 0 Å². The van der Waals surface area contributed by atoms with Crippen molar-refractivity contribution in [2.75, 3.05) is 19.8 Å². The standard InChI is InChI=1S/C19H25NO3/c21-13-6-8-16-7-5-9-17(15-16)19(22)20-12-14-23-18-10-3-1-2-4-11-18/h5,7,9,15,18,21H,1-4,10-14H2,(H,20,22). The summed E-state index contributed by atoms with van der Waals surface area (Å²) in [7, 11) is 0. The third-order valence-corrected chi connectivity index (χ3v) is 3.98. The summed E-state index contributed by atoms with van der Waals surface area (Å²) in [5, 5.41) is 11.6. The zero-order valence-corrected chi connectivity index (χ0v) is 13.5. The van der Waals surface area contributed by atoms with Crippen LogP contribution in [0.3, 0.4) is 0 Å². The van der Waals surface area contributed by atoms with Gasteiger partial charge in [0, 0.05) is 17.7 Å². The summed E-state index contributed by atoms with van der Waals surface area (Å²) < 4.78 is 5.86. The number of aliphatic hydroxyl groups excluding tert-OH is 1. The average Bonchev–Trinajstić information content (AvgIpc) is 2.85. The van der Waals surface area contributed by atoms with Crippen LogP contribution in [0.25, 0.3) is 0 Å². The molecule has 124 valence electrons. The van der Waals surface area contributed by atoms with Gasteiger partial charge in [-0.05, 0) is 31.0 Å². The molecular weight excluding hydrogens is 290 g/mol. The van der Waals surface area contributed by atoms with Gasteiger partial charge in [-0.1, -0.05) is 43.6 Å². The molecule has 0 aliphatic heterocycles. The summed E-state index contributed by atoms with van der Waals surface area (Å²) in [5.74, 6) is 5.26. The van der Waals surface area contributed by atoms with E-state index in [1.54, 1.807) is 18.2 Å². The minimum atomic E-state index is -0.186. The van der Waals surface area contributed by atoms with Crippen molar-refractivity contribution in [3.8, 4) is 11.8 Å². The summed E-state index contributed by atoms with van der Waals surface area (Å²) in [6.07, 6.45) is 7.75. The van der Waals surface area contributed by atoms with Crippen LogP contribution >= 0.6 is 0 Å². The molecule has 4 heteroatoms. The zero-order chi connectivity index (χ0) is 16.3. The first kappa shape index (κ1) is 17.5. The minimum Gasteiger partial charge on any atom is -0.384 e. The van der Waals surface area contributed by atoms with Gasteiger partial charge in [0.2, 0.25) is 0 Å². The number of carbonyl (C=O) groups is 1. The number of rotatable bonds is 5. The van der Waals surface area contributed by atoms with Gasteiger partial charge in [-0.15, -0.1) is 0 Å². The molecule has 2 rings (SSSR count). The van der Waals surface area contributed by atoms with Gasteiger partial charge in [-0.3, -0.25) is 4.79 Å². The van der Waals surface area contributed by atoms with Gasteiger partial charge in [0.25, 0.3) is 5.91 Å². The lowest BCUT2D eigenvalue weighted by molar-refractivity contribution is 0.0442. The highest BCUT2D eigenvalue weighted by Crippen LogP contribution is 2.19. The molecule has 1 saturated carbocycles. The van der Waals surface area contributed by atoms with E-state index in [4.69, 9.17) is 9.84 Å². The highest BCUT2D eigenvalue weighted by atomic mass is 16.5. The third kappa shape index (κ3) is 6.43. The number of aliphatic hydroxyl groups is 1. The van der Waals surface area contributed by atoms with Gasteiger partial charge in [0.15, 0.2) is 0 Å². The first-order valence-corrected chi connectivity index (χ1v) is 8.39. The maximum absolute atomic E-state index is 12.1. The Morgan fingerprint density at radius 1 is 1.26 bits per heavy atom. The predicted molar refractivity (Wildman–Crippen MR) is 90.2 cm³/mol. The lowest BCUT2D eigenvalue weighted by atomic mass is 10.1. The van der Waals surface area contributed by atoms with E-state index in [0.717, 1.165) is 18.4 Å². The van der Waals surface area contributed by atoms with Crippen molar-refractivity contribution in [2.24, 2.45) is 0 Å². The number of hydrogen-bond acceptors (Lipinski definition) is 3. The maximum atomic E-state index is 12.1. The fourth-order valence-electron chi connectivity index (χ4n) is 2.78. The molecule has 0 atom stereocenters. The number of amides is 1. The van der Waals surface area contributed by atoms with Gasteiger partial charge in [-0.25, -0.2) is 0 Å². The van der Waals surface area contributed by atoms with Crippen LogP contribution in [0, 0.1) is 11.8 Å². The van der Waals surface area contributed by atoms with Gasteiger partial charge in [0.1, 0.15) is 6.61 Å². The molecule has 2 N–H and O–H groups in total. The molecule has 1 aliphatic carbocycles. The van der Waals surface area contributed by atoms with Crippen molar-refractivity contribution in [1.29, 1.82) is 0 Å². The van der Waals surface area contributed by atoms with Crippen LogP contribution in [0.15, 0.2) is 24.3 Å². The van der Waals surface area contributed by atoms with Crippen LogP contribution in [-0.4, -0.2) is 36.9 Å². The van der Waals surface area contributed by atoms with Crippen molar-refractivity contribution in [3.63, 3.8) is 0 Å². The Kier molecular flexibility index (Phi) is 7.65. The third-order valence-electron chi connectivity index (χ3n) is 3.98. The molecule has 1 amide bonds. The summed E-state index contributed by atoms with van der Waals surface area (Å²) in [5.41, 5.74) is 1.30. The fourth-order valence-corrected chi connectivity index (χ4v) is 2.78. The Bertz CT molecular complexity index is 551. The second kappa shape index (κ2) is 10.0. The van der Waals surface area contributed by atoms with Crippen LogP contribution < -0.4 is 5.32 Å². The van der Waals surface area contributed by atoms with E-state index in [1.165, 1.54) is 25.7 Å². The van der Waals surface area contributed by atoms with Gasteiger partial charge >= 0.3 is 0 Å². The van der Waals surface area contributed by atoms with E-state index in [1.807, 2.05) is 6.07 Å². The Balaban J connectivity index is 1.74. The molecule has 1 aromatic carbocycles. The van der Waals surface area contributed by atoms with Crippen molar-refractivity contribution >= 4 is 5.91 Å². The molecule has 1 fully saturated rings. The molecule has 0 aromatic heterocycles. The number of benzene rings is 1. The second-order valence-electron chi connectivity index (χ2n) is 5.78. The van der Waals surface area contributed by atoms with Crippen LogP contribution in [0.5, 0.6) is 0 Å². The van der Waals surface area contributed by atoms with Crippen molar-refractivity contribution < 1.29 is 14.6 Å². The molecule has 0 spiro atoms. The van der Waals surface area contributed by atoms with Crippen LogP contribution in [0.4, 0.5) is 0 Å². The Labute approximate surface area is 138 Å². The van der Waals surface area contributed by atoms with E-state index < -0.39 is 0 Å². The SMILES string of the molecule is O=C(NCCOC1CCCCCC1)c1cccc(C#CCO)c1. The highest BCUT2D eigenvalue weighted by molar-refractivity contribution is 5.94. The topological polar surface area (TPSA) is 58.6 Å². The molecule has 0 bridgehead atoms. The molecule has 1 aromatic rings. The van der Waals surface area contributed by atoms with Gasteiger partial charge < -0.3 is 15.2 Å². The van der Waals surface area contributed by atoms with Crippen molar-refractivity contribution in [3.05, 3.63) is 35.4 Å². The predicted octanol–water partition coefficient (Wildman–Crippen LogP) is 2.50. The summed E-state index contributed by atoms with van der Waals surface area (Å²) in [4.78, 5) is 12.1. The first-order valence-electron chi connectivity index (χ1n) is 8.39. The van der Waals surface area contributed by atoms with Gasteiger partial charge in [-0.2, -0.15) is 0 Å². The molecule has 0 heterocycles. The van der Waals surface area contributed by atoms with E-state index >= 15 is 0 Å². The molecule has 1 aliphatic rings. The Morgan fingerprint density at radius 3 is 2.78 bits per heavy atom. The first-order chi connectivity index (χ1) is 11.3. The molecule has 0 radical (unpaired) electrons. The smallest absolute Gasteiger partial charge is 0.251 e. The number of ether oxygens (including phenoxy) is 1. The second-order valence-corrected chi connectivity index (χ2v) is 5.78. The lowest BCUT2D eigenvalue weighted by Crippen LogP contribution is -2.28. The molecule has 4 nitrogen and oxygen atoms in total. The minimum absolute atomic E-state index is 0.123. The summed E-state index contributed by atoms with van der Waals surface area (Å²) in [6, 6.07) is 7.09. The molecule has 0 saturated heterocycles. The zero-order valence-electron chi connectivity index (χ0n) is 13.5. The maximum Gasteiger partial charge on any atom is 0.251 e. The molecular formula is C19H25NO3. The quantitative estimate of drug-likeness (QED) is 0.499. The monoisotopic (exact) mass is 315 g/mol. The normalized spacial score (nSPS) is 15.3. The van der Waals surface area contributed by atoms with Crippen LogP contribution in [0.1, 0.15) is 54.4 Å². The van der Waals surface area contributed by atoms with Crippen molar-refractivity contribution in [1.82, 2.24) is 5.32 Å². The van der Waals surface area contributed by atoms with E-state index in [2.05, 4.69) is 17.2 Å². The van der Waals surface area contributed by atoms with E-state index in [9.17, 15) is 4.79 Å².